The number of amides is 1. The van der Waals surface area contributed by atoms with Crippen molar-refractivity contribution in [3.63, 3.8) is 0 Å². The smallest absolute Gasteiger partial charge is 0.229 e. The van der Waals surface area contributed by atoms with Gasteiger partial charge in [-0.25, -0.2) is 0 Å². The number of carbonyl (C=O) groups excluding carboxylic acids is 1. The lowest BCUT2D eigenvalue weighted by Crippen LogP contribution is -3.14. The van der Waals surface area contributed by atoms with Gasteiger partial charge < -0.3 is 10.2 Å². The first-order valence-corrected chi connectivity index (χ1v) is 10.5. The summed E-state index contributed by atoms with van der Waals surface area (Å²) in [6.07, 6.45) is 1.21. The average molecular weight is 391 g/mol. The zero-order chi connectivity index (χ0) is 19.7. The Hall–Kier alpha value is -2.68. The molecular formula is C23H24N3OS+. The Morgan fingerprint density at radius 3 is 2.82 bits per heavy atom. The average Bonchev–Trinajstić information content (AvgIpc) is 3.04. The summed E-state index contributed by atoms with van der Waals surface area (Å²) < 4.78 is 0. The molecule has 0 aliphatic carbocycles. The molecule has 1 amide bonds. The highest BCUT2D eigenvalue weighted by molar-refractivity contribution is 7.16. The fourth-order valence-corrected chi connectivity index (χ4v) is 5.26. The molecule has 2 aromatic carbocycles. The lowest BCUT2D eigenvalue weighted by Gasteiger charge is -2.27. The summed E-state index contributed by atoms with van der Waals surface area (Å²) in [5.41, 5.74) is 2.80. The Bertz CT molecular complexity index is 1070. The maximum atomic E-state index is 12.8. The van der Waals surface area contributed by atoms with Crippen LogP contribution in [0.3, 0.4) is 0 Å². The van der Waals surface area contributed by atoms with Crippen LogP contribution in [0.25, 0.3) is 10.8 Å². The number of hydrogen-bond acceptors (Lipinski definition) is 3. The molecule has 1 aliphatic rings. The summed E-state index contributed by atoms with van der Waals surface area (Å²) in [6.45, 7) is 6.43. The molecule has 1 unspecified atom stereocenters. The van der Waals surface area contributed by atoms with E-state index in [1.165, 1.54) is 9.78 Å². The number of rotatable bonds is 4. The van der Waals surface area contributed by atoms with Gasteiger partial charge >= 0.3 is 0 Å². The second-order valence-corrected chi connectivity index (χ2v) is 8.78. The molecule has 2 N–H and O–H groups in total. The fraction of sp³-hybridized carbons (Fsp3) is 0.304. The summed E-state index contributed by atoms with van der Waals surface area (Å²) >= 11 is 1.57. The van der Waals surface area contributed by atoms with E-state index in [2.05, 4.69) is 37.4 Å². The van der Waals surface area contributed by atoms with Crippen molar-refractivity contribution >= 4 is 33.0 Å². The van der Waals surface area contributed by atoms with E-state index < -0.39 is 0 Å². The van der Waals surface area contributed by atoms with Crippen molar-refractivity contribution in [2.75, 3.05) is 11.9 Å². The van der Waals surface area contributed by atoms with Gasteiger partial charge in [0.2, 0.25) is 5.91 Å². The third-order valence-electron chi connectivity index (χ3n) is 5.59. The van der Waals surface area contributed by atoms with Crippen molar-refractivity contribution in [2.24, 2.45) is 0 Å². The maximum Gasteiger partial charge on any atom is 0.229 e. The van der Waals surface area contributed by atoms with Gasteiger partial charge in [0.25, 0.3) is 0 Å². The van der Waals surface area contributed by atoms with Crippen LogP contribution < -0.4 is 10.2 Å². The van der Waals surface area contributed by atoms with Crippen LogP contribution in [0.1, 0.15) is 35.4 Å². The minimum Gasteiger partial charge on any atom is -0.328 e. The number of nitrogens with one attached hydrogen (secondary N) is 2. The number of thiophene rings is 1. The minimum atomic E-state index is -0.0699. The molecule has 1 atom stereocenters. The molecule has 0 saturated heterocycles. The number of carbonyl (C=O) groups is 1. The topological polar surface area (TPSA) is 57.3 Å². The van der Waals surface area contributed by atoms with Crippen molar-refractivity contribution in [1.29, 1.82) is 5.26 Å². The first kappa shape index (κ1) is 18.7. The minimum absolute atomic E-state index is 0.0699. The number of anilines is 1. The van der Waals surface area contributed by atoms with E-state index in [9.17, 15) is 10.1 Å². The van der Waals surface area contributed by atoms with Gasteiger partial charge in [-0.3, -0.25) is 4.79 Å². The summed E-state index contributed by atoms with van der Waals surface area (Å²) in [5.74, 6) is -0.0699. The van der Waals surface area contributed by atoms with Gasteiger partial charge in [-0.15, -0.1) is 11.3 Å². The zero-order valence-corrected chi connectivity index (χ0v) is 17.0. The van der Waals surface area contributed by atoms with Crippen LogP contribution >= 0.6 is 11.3 Å². The van der Waals surface area contributed by atoms with E-state index in [0.717, 1.165) is 41.4 Å². The highest BCUT2D eigenvalue weighted by Gasteiger charge is 2.28. The Labute approximate surface area is 169 Å². The molecule has 0 saturated carbocycles. The lowest BCUT2D eigenvalue weighted by atomic mass is 10.0. The van der Waals surface area contributed by atoms with Gasteiger partial charge in [0.05, 0.1) is 29.4 Å². The summed E-state index contributed by atoms with van der Waals surface area (Å²) in [5, 5.41) is 15.6. The molecule has 2 heterocycles. The standard InChI is InChI=1S/C23H23N3OS/c1-15(2)26-11-10-19-20(13-24)23(28-21(19)14-26)25-22(27)12-17-8-5-7-16-6-3-4-9-18(16)17/h3-9,15H,10-12,14H2,1-2H3,(H,25,27)/p+1. The van der Waals surface area contributed by atoms with E-state index in [0.29, 0.717) is 23.0 Å². The molecule has 3 aromatic rings. The molecule has 1 aliphatic heterocycles. The lowest BCUT2D eigenvalue weighted by molar-refractivity contribution is -0.936. The molecule has 1 aromatic heterocycles. The zero-order valence-electron chi connectivity index (χ0n) is 16.2. The molecule has 0 fully saturated rings. The molecule has 0 spiro atoms. The Balaban J connectivity index is 1.56. The fourth-order valence-electron chi connectivity index (χ4n) is 3.99. The van der Waals surface area contributed by atoms with Gasteiger partial charge in [0, 0.05) is 6.42 Å². The van der Waals surface area contributed by atoms with Crippen LogP contribution in [0.2, 0.25) is 0 Å². The van der Waals surface area contributed by atoms with Crippen molar-refractivity contribution in [2.45, 2.75) is 39.3 Å². The van der Waals surface area contributed by atoms with Crippen LogP contribution in [0, 0.1) is 11.3 Å². The van der Waals surface area contributed by atoms with Crippen LogP contribution in [0.4, 0.5) is 5.00 Å². The van der Waals surface area contributed by atoms with Crippen LogP contribution in [0.5, 0.6) is 0 Å². The first-order chi connectivity index (χ1) is 13.6. The van der Waals surface area contributed by atoms with Crippen molar-refractivity contribution < 1.29 is 9.69 Å². The largest absolute Gasteiger partial charge is 0.328 e. The predicted octanol–water partition coefficient (Wildman–Crippen LogP) is 3.30. The summed E-state index contributed by atoms with van der Waals surface area (Å²) in [4.78, 5) is 15.5. The maximum absolute atomic E-state index is 12.8. The van der Waals surface area contributed by atoms with E-state index in [1.54, 1.807) is 11.3 Å². The van der Waals surface area contributed by atoms with Gasteiger partial charge in [0.15, 0.2) is 0 Å². The predicted molar refractivity (Wildman–Crippen MR) is 114 cm³/mol. The highest BCUT2D eigenvalue weighted by atomic mass is 32.1. The van der Waals surface area contributed by atoms with E-state index in [4.69, 9.17) is 0 Å². The molecule has 142 valence electrons. The first-order valence-electron chi connectivity index (χ1n) is 9.72. The Morgan fingerprint density at radius 2 is 2.04 bits per heavy atom. The number of quaternary nitrogens is 1. The van der Waals surface area contributed by atoms with E-state index in [1.807, 2.05) is 30.3 Å². The van der Waals surface area contributed by atoms with Crippen molar-refractivity contribution in [3.05, 3.63) is 64.0 Å². The second kappa shape index (κ2) is 7.75. The normalized spacial score (nSPS) is 16.0. The second-order valence-electron chi connectivity index (χ2n) is 7.67. The quantitative estimate of drug-likeness (QED) is 0.718. The van der Waals surface area contributed by atoms with Crippen molar-refractivity contribution in [3.8, 4) is 6.07 Å². The van der Waals surface area contributed by atoms with Gasteiger partial charge in [-0.2, -0.15) is 5.26 Å². The number of benzene rings is 2. The van der Waals surface area contributed by atoms with Crippen LogP contribution in [-0.2, 0) is 24.2 Å². The monoisotopic (exact) mass is 390 g/mol. The molecule has 0 bridgehead atoms. The number of fused-ring (bicyclic) bond motifs is 2. The molecule has 28 heavy (non-hydrogen) atoms. The van der Waals surface area contributed by atoms with Crippen molar-refractivity contribution in [1.82, 2.24) is 0 Å². The number of nitriles is 1. The van der Waals surface area contributed by atoms with Gasteiger partial charge in [0.1, 0.15) is 17.6 Å². The van der Waals surface area contributed by atoms with Crippen LogP contribution in [0.15, 0.2) is 42.5 Å². The van der Waals surface area contributed by atoms with E-state index >= 15 is 0 Å². The molecule has 5 heteroatoms. The summed E-state index contributed by atoms with van der Waals surface area (Å²) in [6, 6.07) is 17.0. The molecule has 4 nitrogen and oxygen atoms in total. The number of nitrogens with zero attached hydrogens (tertiary/aromatic N) is 1. The van der Waals surface area contributed by atoms with Gasteiger partial charge in [-0.1, -0.05) is 42.5 Å². The molecule has 0 radical (unpaired) electrons. The molecular weight excluding hydrogens is 366 g/mol. The Morgan fingerprint density at radius 1 is 1.25 bits per heavy atom. The van der Waals surface area contributed by atoms with E-state index in [-0.39, 0.29) is 5.91 Å². The van der Waals surface area contributed by atoms with Gasteiger partial charge in [-0.05, 0) is 35.7 Å². The summed E-state index contributed by atoms with van der Waals surface area (Å²) in [7, 11) is 0. The highest BCUT2D eigenvalue weighted by Crippen LogP contribution is 2.34. The molecule has 4 rings (SSSR count). The number of hydrogen-bond donors (Lipinski definition) is 2. The SMILES string of the molecule is CC(C)[NH+]1CCc2c(sc(NC(=O)Cc3cccc4ccccc34)c2C#N)C1. The third kappa shape index (κ3) is 3.54. The Kier molecular flexibility index (Phi) is 5.17. The third-order valence-corrected chi connectivity index (χ3v) is 6.73. The van der Waals surface area contributed by atoms with Crippen LogP contribution in [-0.4, -0.2) is 18.5 Å².